The topological polar surface area (TPSA) is 101 Å². The van der Waals surface area contributed by atoms with E-state index < -0.39 is 12.1 Å². The van der Waals surface area contributed by atoms with Gasteiger partial charge in [-0.25, -0.2) is 4.68 Å². The summed E-state index contributed by atoms with van der Waals surface area (Å²) < 4.78 is 1.80. The van der Waals surface area contributed by atoms with Gasteiger partial charge in [-0.05, 0) is 23.3 Å². The first-order chi connectivity index (χ1) is 8.66. The third-order valence-electron chi connectivity index (χ3n) is 2.95. The Kier molecular flexibility index (Phi) is 4.54. The SMILES string of the molecule is O=C(O)CC(O)CSc1nnnn1C1CCCC1. The maximum atomic E-state index is 10.4. The lowest BCUT2D eigenvalue weighted by molar-refractivity contribution is -0.138. The van der Waals surface area contributed by atoms with E-state index in [4.69, 9.17) is 5.11 Å². The largest absolute Gasteiger partial charge is 0.481 e. The molecule has 8 heteroatoms. The van der Waals surface area contributed by atoms with Gasteiger partial charge in [0.25, 0.3) is 0 Å². The molecule has 7 nitrogen and oxygen atoms in total. The van der Waals surface area contributed by atoms with E-state index in [-0.39, 0.29) is 6.42 Å². The predicted octanol–water partition coefficient (Wildman–Crippen LogP) is 0.716. The quantitative estimate of drug-likeness (QED) is 0.735. The molecule has 1 aliphatic carbocycles. The second-order valence-electron chi connectivity index (χ2n) is 4.41. The molecule has 1 fully saturated rings. The minimum atomic E-state index is -1.00. The molecule has 100 valence electrons. The molecule has 1 aromatic heterocycles. The molecule has 1 unspecified atom stereocenters. The van der Waals surface area contributed by atoms with Gasteiger partial charge in [0.05, 0.1) is 18.6 Å². The first-order valence-corrected chi connectivity index (χ1v) is 6.96. The summed E-state index contributed by atoms with van der Waals surface area (Å²) in [4.78, 5) is 10.4. The number of aliphatic hydroxyl groups is 1. The van der Waals surface area contributed by atoms with Crippen molar-refractivity contribution in [3.05, 3.63) is 0 Å². The van der Waals surface area contributed by atoms with Crippen molar-refractivity contribution in [1.82, 2.24) is 20.2 Å². The molecule has 1 atom stereocenters. The summed E-state index contributed by atoms with van der Waals surface area (Å²) in [5.74, 6) is -0.710. The summed E-state index contributed by atoms with van der Waals surface area (Å²) in [6, 6.07) is 0.346. The number of carbonyl (C=O) groups is 1. The van der Waals surface area contributed by atoms with Crippen LogP contribution in [0.1, 0.15) is 38.1 Å². The fourth-order valence-corrected chi connectivity index (χ4v) is 2.96. The number of thioether (sulfide) groups is 1. The third-order valence-corrected chi connectivity index (χ3v) is 4.03. The van der Waals surface area contributed by atoms with Crippen molar-refractivity contribution >= 4 is 17.7 Å². The molecule has 0 bridgehead atoms. The summed E-state index contributed by atoms with van der Waals surface area (Å²) >= 11 is 1.30. The van der Waals surface area contributed by atoms with Gasteiger partial charge in [0.1, 0.15) is 0 Å². The molecule has 0 aromatic carbocycles. The maximum absolute atomic E-state index is 10.4. The number of carboxylic acid groups (broad SMARTS) is 1. The summed E-state index contributed by atoms with van der Waals surface area (Å²) in [6.45, 7) is 0. The highest BCUT2D eigenvalue weighted by Crippen LogP contribution is 2.31. The van der Waals surface area contributed by atoms with Crippen LogP contribution in [0.15, 0.2) is 5.16 Å². The zero-order valence-corrected chi connectivity index (χ0v) is 10.7. The summed E-state index contributed by atoms with van der Waals surface area (Å²) in [5, 5.41) is 30.2. The van der Waals surface area contributed by atoms with Crippen LogP contribution in [0.25, 0.3) is 0 Å². The van der Waals surface area contributed by atoms with Gasteiger partial charge >= 0.3 is 5.97 Å². The van der Waals surface area contributed by atoms with E-state index in [1.165, 1.54) is 24.6 Å². The van der Waals surface area contributed by atoms with Crippen LogP contribution in [0.2, 0.25) is 0 Å². The Bertz CT molecular complexity index is 406. The highest BCUT2D eigenvalue weighted by molar-refractivity contribution is 7.99. The number of aromatic nitrogens is 4. The van der Waals surface area contributed by atoms with Crippen LogP contribution in [0.3, 0.4) is 0 Å². The molecule has 2 rings (SSSR count). The van der Waals surface area contributed by atoms with Crippen LogP contribution >= 0.6 is 11.8 Å². The van der Waals surface area contributed by atoms with Crippen molar-refractivity contribution in [1.29, 1.82) is 0 Å². The van der Waals surface area contributed by atoms with Crippen LogP contribution in [-0.4, -0.2) is 48.2 Å². The Balaban J connectivity index is 1.89. The van der Waals surface area contributed by atoms with Gasteiger partial charge in [-0.1, -0.05) is 24.6 Å². The van der Waals surface area contributed by atoms with Crippen LogP contribution in [0.5, 0.6) is 0 Å². The third kappa shape index (κ3) is 3.42. The van der Waals surface area contributed by atoms with Crippen molar-refractivity contribution in [2.24, 2.45) is 0 Å². The van der Waals surface area contributed by atoms with Gasteiger partial charge in [0.2, 0.25) is 5.16 Å². The average Bonchev–Trinajstić information content (AvgIpc) is 2.96. The lowest BCUT2D eigenvalue weighted by Gasteiger charge is -2.11. The van der Waals surface area contributed by atoms with Crippen molar-refractivity contribution in [3.8, 4) is 0 Å². The molecule has 0 aliphatic heterocycles. The summed E-state index contributed by atoms with van der Waals surface area (Å²) in [5.41, 5.74) is 0. The number of nitrogens with zero attached hydrogens (tertiary/aromatic N) is 4. The number of tetrazole rings is 1. The molecule has 1 aromatic rings. The van der Waals surface area contributed by atoms with Gasteiger partial charge < -0.3 is 10.2 Å². The van der Waals surface area contributed by atoms with E-state index in [2.05, 4.69) is 15.5 Å². The number of aliphatic hydroxyl groups excluding tert-OH is 1. The van der Waals surface area contributed by atoms with Crippen LogP contribution in [-0.2, 0) is 4.79 Å². The van der Waals surface area contributed by atoms with Gasteiger partial charge in [0.15, 0.2) is 0 Å². The zero-order chi connectivity index (χ0) is 13.0. The fraction of sp³-hybridized carbons (Fsp3) is 0.800. The number of carboxylic acids is 1. The average molecular weight is 272 g/mol. The van der Waals surface area contributed by atoms with Gasteiger partial charge in [-0.3, -0.25) is 4.79 Å². The van der Waals surface area contributed by atoms with E-state index in [0.717, 1.165) is 12.8 Å². The van der Waals surface area contributed by atoms with E-state index in [1.54, 1.807) is 4.68 Å². The van der Waals surface area contributed by atoms with Crippen LogP contribution in [0, 0.1) is 0 Å². The Hall–Kier alpha value is -1.15. The minimum Gasteiger partial charge on any atom is -0.481 e. The fourth-order valence-electron chi connectivity index (χ4n) is 2.09. The molecule has 0 spiro atoms. The summed E-state index contributed by atoms with van der Waals surface area (Å²) in [6.07, 6.45) is 3.41. The monoisotopic (exact) mass is 272 g/mol. The highest BCUT2D eigenvalue weighted by Gasteiger charge is 2.22. The Morgan fingerprint density at radius 3 is 2.89 bits per heavy atom. The van der Waals surface area contributed by atoms with Gasteiger partial charge in [-0.15, -0.1) is 5.10 Å². The maximum Gasteiger partial charge on any atom is 0.306 e. The van der Waals surface area contributed by atoms with E-state index >= 15 is 0 Å². The van der Waals surface area contributed by atoms with E-state index in [0.29, 0.717) is 17.0 Å². The summed E-state index contributed by atoms with van der Waals surface area (Å²) in [7, 11) is 0. The molecule has 0 saturated heterocycles. The second kappa shape index (κ2) is 6.14. The standard InChI is InChI=1S/C10H16N4O3S/c15-8(5-9(16)17)6-18-10-11-12-13-14(10)7-3-1-2-4-7/h7-8,15H,1-6H2,(H,16,17). The van der Waals surface area contributed by atoms with Crippen molar-refractivity contribution in [2.45, 2.75) is 49.4 Å². The van der Waals surface area contributed by atoms with Crippen molar-refractivity contribution in [3.63, 3.8) is 0 Å². The number of hydrogen-bond acceptors (Lipinski definition) is 6. The van der Waals surface area contributed by atoms with Gasteiger partial charge in [-0.2, -0.15) is 0 Å². The first-order valence-electron chi connectivity index (χ1n) is 5.97. The lowest BCUT2D eigenvalue weighted by Crippen LogP contribution is -2.16. The van der Waals surface area contributed by atoms with E-state index in [9.17, 15) is 9.90 Å². The molecular formula is C10H16N4O3S. The molecule has 0 amide bonds. The van der Waals surface area contributed by atoms with Crippen molar-refractivity contribution in [2.75, 3.05) is 5.75 Å². The molecule has 0 radical (unpaired) electrons. The van der Waals surface area contributed by atoms with Crippen LogP contribution in [0.4, 0.5) is 0 Å². The van der Waals surface area contributed by atoms with E-state index in [1.807, 2.05) is 0 Å². The van der Waals surface area contributed by atoms with Crippen molar-refractivity contribution < 1.29 is 15.0 Å². The van der Waals surface area contributed by atoms with Crippen LogP contribution < -0.4 is 0 Å². The Morgan fingerprint density at radius 1 is 1.50 bits per heavy atom. The zero-order valence-electron chi connectivity index (χ0n) is 9.90. The smallest absolute Gasteiger partial charge is 0.306 e. The molecule has 18 heavy (non-hydrogen) atoms. The number of aliphatic carboxylic acids is 1. The predicted molar refractivity (Wildman–Crippen MR) is 64.3 cm³/mol. The lowest BCUT2D eigenvalue weighted by atomic mass is 10.3. The molecule has 1 heterocycles. The number of hydrogen-bond donors (Lipinski definition) is 2. The second-order valence-corrected chi connectivity index (χ2v) is 5.39. The number of rotatable bonds is 6. The van der Waals surface area contributed by atoms with Gasteiger partial charge in [0, 0.05) is 5.75 Å². The molecule has 1 aliphatic rings. The minimum absolute atomic E-state index is 0.252. The molecule has 2 N–H and O–H groups in total. The first kappa shape index (κ1) is 13.3. The molecular weight excluding hydrogens is 256 g/mol. The molecule has 1 saturated carbocycles. The highest BCUT2D eigenvalue weighted by atomic mass is 32.2. The Labute approximate surface area is 109 Å². The normalized spacial score (nSPS) is 18.1. The Morgan fingerprint density at radius 2 is 2.22 bits per heavy atom.